The number of likely N-dealkylation sites (N-methyl/N-ethyl adjacent to an activating group) is 1. The first kappa shape index (κ1) is 10.6. The van der Waals surface area contributed by atoms with Gasteiger partial charge in [-0.05, 0) is 0 Å². The van der Waals surface area contributed by atoms with Crippen molar-refractivity contribution in [3.63, 3.8) is 0 Å². The molecule has 0 radical (unpaired) electrons. The van der Waals surface area contributed by atoms with E-state index in [9.17, 15) is 9.59 Å². The largest absolute Gasteiger partial charge is 0.479 e. The lowest BCUT2D eigenvalue weighted by Crippen LogP contribution is -2.34. The summed E-state index contributed by atoms with van der Waals surface area (Å²) in [6.45, 7) is 1.32. The van der Waals surface area contributed by atoms with Crippen LogP contribution in [0, 0.1) is 0 Å². The number of rotatable bonds is 3. The summed E-state index contributed by atoms with van der Waals surface area (Å²) in [5, 5.41) is 11.0. The highest BCUT2D eigenvalue weighted by Crippen LogP contribution is 2.21. The van der Waals surface area contributed by atoms with Crippen molar-refractivity contribution in [1.82, 2.24) is 9.88 Å². The summed E-state index contributed by atoms with van der Waals surface area (Å²) in [4.78, 5) is 27.0. The van der Waals surface area contributed by atoms with E-state index in [1.807, 2.05) is 0 Å². The van der Waals surface area contributed by atoms with Crippen molar-refractivity contribution in [1.29, 1.82) is 0 Å². The highest BCUT2D eigenvalue weighted by Gasteiger charge is 2.28. The van der Waals surface area contributed by atoms with Crippen molar-refractivity contribution in [2.75, 3.05) is 7.05 Å². The quantitative estimate of drug-likeness (QED) is 0.805. The summed E-state index contributed by atoms with van der Waals surface area (Å²) >= 11 is 1.22. The Kier molecular flexibility index (Phi) is 3.19. The summed E-state index contributed by atoms with van der Waals surface area (Å²) in [5.41, 5.74) is 0. The third kappa shape index (κ3) is 2.08. The second kappa shape index (κ2) is 4.19. The number of carboxylic acid groups (broad SMARTS) is 1. The second-order valence-electron chi connectivity index (χ2n) is 2.74. The average Bonchev–Trinajstić information content (AvgIpc) is 2.56. The van der Waals surface area contributed by atoms with Crippen molar-refractivity contribution >= 4 is 23.2 Å². The Morgan fingerprint density at radius 2 is 2.29 bits per heavy atom. The first-order valence-corrected chi connectivity index (χ1v) is 4.77. The number of nitrogens with zero attached hydrogens (tertiary/aromatic N) is 2. The van der Waals surface area contributed by atoms with Crippen molar-refractivity contribution in [3.8, 4) is 0 Å². The molecule has 0 aliphatic heterocycles. The van der Waals surface area contributed by atoms with Gasteiger partial charge in [-0.1, -0.05) is 0 Å². The fourth-order valence-corrected chi connectivity index (χ4v) is 1.76. The Bertz CT molecular complexity index is 336. The van der Waals surface area contributed by atoms with Gasteiger partial charge in [0.1, 0.15) is 5.01 Å². The molecular weight excluding hydrogens is 204 g/mol. The van der Waals surface area contributed by atoms with Gasteiger partial charge in [-0.2, -0.15) is 0 Å². The minimum atomic E-state index is -1.07. The number of aliphatic carboxylic acids is 1. The van der Waals surface area contributed by atoms with E-state index < -0.39 is 12.0 Å². The van der Waals surface area contributed by atoms with Gasteiger partial charge < -0.3 is 10.0 Å². The van der Waals surface area contributed by atoms with Crippen LogP contribution in [0.4, 0.5) is 0 Å². The summed E-state index contributed by atoms with van der Waals surface area (Å²) in [6, 6.07) is -0.979. The van der Waals surface area contributed by atoms with E-state index in [0.29, 0.717) is 5.01 Å². The number of hydrogen-bond donors (Lipinski definition) is 1. The molecule has 0 aliphatic carbocycles. The molecule has 1 unspecified atom stereocenters. The standard InChI is InChI=1S/C8H10N2O3S/c1-5(11)10(2)6(8(12)13)7-9-3-4-14-7/h3-4,6H,1-2H3,(H,12,13). The van der Waals surface area contributed by atoms with Gasteiger partial charge in [0.05, 0.1) is 0 Å². The Morgan fingerprint density at radius 1 is 1.64 bits per heavy atom. The van der Waals surface area contributed by atoms with Crippen molar-refractivity contribution in [3.05, 3.63) is 16.6 Å². The van der Waals surface area contributed by atoms with Crippen LogP contribution in [0.1, 0.15) is 18.0 Å². The lowest BCUT2D eigenvalue weighted by molar-refractivity contribution is -0.148. The van der Waals surface area contributed by atoms with Gasteiger partial charge in [0.15, 0.2) is 6.04 Å². The molecule has 1 aromatic heterocycles. The average molecular weight is 214 g/mol. The number of thiazole rings is 1. The normalized spacial score (nSPS) is 12.1. The van der Waals surface area contributed by atoms with Gasteiger partial charge in [0.2, 0.25) is 5.91 Å². The molecule has 1 rings (SSSR count). The lowest BCUT2D eigenvalue weighted by Gasteiger charge is -2.21. The molecule has 76 valence electrons. The number of aromatic nitrogens is 1. The predicted molar refractivity (Wildman–Crippen MR) is 50.9 cm³/mol. The first-order chi connectivity index (χ1) is 6.54. The number of carbonyl (C=O) groups excluding carboxylic acids is 1. The summed E-state index contributed by atoms with van der Waals surface area (Å²) in [7, 11) is 1.45. The highest BCUT2D eigenvalue weighted by molar-refractivity contribution is 7.09. The zero-order valence-electron chi connectivity index (χ0n) is 7.80. The molecular formula is C8H10N2O3S. The highest BCUT2D eigenvalue weighted by atomic mass is 32.1. The van der Waals surface area contributed by atoms with E-state index >= 15 is 0 Å². The first-order valence-electron chi connectivity index (χ1n) is 3.89. The summed E-state index contributed by atoms with van der Waals surface area (Å²) < 4.78 is 0. The molecule has 1 heterocycles. The fraction of sp³-hybridized carbons (Fsp3) is 0.375. The zero-order chi connectivity index (χ0) is 10.7. The monoisotopic (exact) mass is 214 g/mol. The molecule has 0 saturated carbocycles. The Hall–Kier alpha value is -1.43. The molecule has 0 spiro atoms. The minimum absolute atomic E-state index is 0.299. The zero-order valence-corrected chi connectivity index (χ0v) is 8.61. The Morgan fingerprint density at radius 3 is 2.64 bits per heavy atom. The van der Waals surface area contributed by atoms with Crippen LogP contribution in [-0.2, 0) is 9.59 Å². The van der Waals surface area contributed by atoms with Gasteiger partial charge in [-0.3, -0.25) is 4.79 Å². The number of hydrogen-bond acceptors (Lipinski definition) is 4. The molecule has 1 aromatic rings. The molecule has 0 aliphatic rings. The molecule has 1 N–H and O–H groups in total. The van der Waals surface area contributed by atoms with Crippen LogP contribution >= 0.6 is 11.3 Å². The van der Waals surface area contributed by atoms with Crippen LogP contribution in [0.5, 0.6) is 0 Å². The van der Waals surface area contributed by atoms with Crippen molar-refractivity contribution < 1.29 is 14.7 Å². The summed E-state index contributed by atoms with van der Waals surface area (Å²) in [5.74, 6) is -1.37. The van der Waals surface area contributed by atoms with Crippen molar-refractivity contribution in [2.24, 2.45) is 0 Å². The van der Waals surface area contributed by atoms with E-state index in [-0.39, 0.29) is 5.91 Å². The van der Waals surface area contributed by atoms with Crippen LogP contribution in [0.25, 0.3) is 0 Å². The lowest BCUT2D eigenvalue weighted by atomic mass is 10.3. The van der Waals surface area contributed by atoms with E-state index in [4.69, 9.17) is 5.11 Å². The SMILES string of the molecule is CC(=O)N(C)C(C(=O)O)c1nccs1. The van der Waals surface area contributed by atoms with Crippen LogP contribution in [0.3, 0.4) is 0 Å². The molecule has 0 bridgehead atoms. The van der Waals surface area contributed by atoms with Gasteiger partial charge in [0.25, 0.3) is 0 Å². The molecule has 1 amide bonds. The Balaban J connectivity index is 2.97. The van der Waals surface area contributed by atoms with Gasteiger partial charge in [-0.15, -0.1) is 11.3 Å². The van der Waals surface area contributed by atoms with Gasteiger partial charge in [0, 0.05) is 25.5 Å². The van der Waals surface area contributed by atoms with Crippen LogP contribution in [0.2, 0.25) is 0 Å². The Labute approximate surface area is 85.0 Å². The maximum Gasteiger partial charge on any atom is 0.333 e. The molecule has 14 heavy (non-hydrogen) atoms. The van der Waals surface area contributed by atoms with E-state index in [1.54, 1.807) is 5.38 Å². The number of carbonyl (C=O) groups is 2. The van der Waals surface area contributed by atoms with Crippen molar-refractivity contribution in [2.45, 2.75) is 13.0 Å². The predicted octanol–water partition coefficient (Wildman–Crippen LogP) is 0.747. The van der Waals surface area contributed by atoms with Gasteiger partial charge in [-0.25, -0.2) is 9.78 Å². The number of carboxylic acids is 1. The number of amides is 1. The van der Waals surface area contributed by atoms with Crippen LogP contribution < -0.4 is 0 Å². The van der Waals surface area contributed by atoms with Crippen LogP contribution in [0.15, 0.2) is 11.6 Å². The smallest absolute Gasteiger partial charge is 0.333 e. The fourth-order valence-electron chi connectivity index (χ4n) is 0.988. The van der Waals surface area contributed by atoms with E-state index in [2.05, 4.69) is 4.98 Å². The maximum absolute atomic E-state index is 11.0. The maximum atomic E-state index is 11.0. The molecule has 5 nitrogen and oxygen atoms in total. The summed E-state index contributed by atoms with van der Waals surface area (Å²) in [6.07, 6.45) is 1.52. The topological polar surface area (TPSA) is 70.5 Å². The molecule has 6 heteroatoms. The van der Waals surface area contributed by atoms with E-state index in [0.717, 1.165) is 4.90 Å². The minimum Gasteiger partial charge on any atom is -0.479 e. The molecule has 0 saturated heterocycles. The second-order valence-corrected chi connectivity index (χ2v) is 3.67. The van der Waals surface area contributed by atoms with Gasteiger partial charge >= 0.3 is 5.97 Å². The molecule has 0 fully saturated rings. The third-order valence-corrected chi connectivity index (χ3v) is 2.63. The molecule has 0 aromatic carbocycles. The third-order valence-electron chi connectivity index (χ3n) is 1.80. The molecule has 1 atom stereocenters. The van der Waals surface area contributed by atoms with E-state index in [1.165, 1.54) is 31.5 Å². The van der Waals surface area contributed by atoms with Crippen LogP contribution in [-0.4, -0.2) is 33.9 Å².